The highest BCUT2D eigenvalue weighted by atomic mass is 16.6. The minimum absolute atomic E-state index is 0.0402. The number of cyclic esters (lactones) is 1. The number of aryl methyl sites for hydroxylation is 1. The predicted molar refractivity (Wildman–Crippen MR) is 117 cm³/mol. The number of aliphatic hydroxyl groups is 1. The fraction of sp³-hybridized carbons (Fsp3) is 0.375. The van der Waals surface area contributed by atoms with Crippen LogP contribution in [0.5, 0.6) is 11.5 Å². The van der Waals surface area contributed by atoms with Crippen LogP contribution in [0.25, 0.3) is 22.3 Å². The number of aromatic hydroxyl groups is 1. The molecule has 166 valence electrons. The molecule has 2 aliphatic rings. The van der Waals surface area contributed by atoms with Gasteiger partial charge in [0.25, 0.3) is 5.56 Å². The van der Waals surface area contributed by atoms with Gasteiger partial charge in [0.05, 0.1) is 35.6 Å². The zero-order valence-electron chi connectivity index (χ0n) is 18.2. The third kappa shape index (κ3) is 2.56. The second-order valence-corrected chi connectivity index (χ2v) is 8.11. The maximum Gasteiger partial charge on any atom is 0.343 e. The van der Waals surface area contributed by atoms with Crippen LogP contribution in [-0.2, 0) is 34.7 Å². The largest absolute Gasteiger partial charge is 0.504 e. The van der Waals surface area contributed by atoms with E-state index in [1.807, 2.05) is 13.8 Å². The average molecular weight is 436 g/mol. The quantitative estimate of drug-likeness (QED) is 0.473. The maximum absolute atomic E-state index is 13.3. The predicted octanol–water partition coefficient (Wildman–Crippen LogP) is 2.75. The minimum atomic E-state index is -1.86. The first-order valence-corrected chi connectivity index (χ1v) is 10.8. The second-order valence-electron chi connectivity index (χ2n) is 8.11. The number of phenolic OH excluding ortho intramolecular Hbond substituents is 1. The number of esters is 1. The van der Waals surface area contributed by atoms with Gasteiger partial charge in [-0.1, -0.05) is 13.8 Å². The van der Waals surface area contributed by atoms with E-state index < -0.39 is 11.6 Å². The molecule has 0 bridgehead atoms. The SMILES string of the molecule is CCOc1ccc2nc3c(c(CC)c2c1O)Cn1c-3cc2c(c1=O)COC(=O)[C@]2(O)CC. The van der Waals surface area contributed by atoms with Gasteiger partial charge in [0, 0.05) is 16.5 Å². The number of hydrogen-bond acceptors (Lipinski definition) is 7. The number of fused-ring (bicyclic) bond motifs is 5. The number of hydrogen-bond donors (Lipinski definition) is 2. The lowest BCUT2D eigenvalue weighted by molar-refractivity contribution is -0.172. The number of carbonyl (C=O) groups excluding carboxylic acids is 1. The topological polar surface area (TPSA) is 111 Å². The monoisotopic (exact) mass is 436 g/mol. The third-order valence-electron chi connectivity index (χ3n) is 6.56. The summed E-state index contributed by atoms with van der Waals surface area (Å²) in [5, 5.41) is 22.5. The van der Waals surface area contributed by atoms with Gasteiger partial charge in [-0.2, -0.15) is 0 Å². The van der Waals surface area contributed by atoms with Crippen molar-refractivity contribution in [1.82, 2.24) is 9.55 Å². The molecular weight excluding hydrogens is 412 g/mol. The first-order chi connectivity index (χ1) is 15.3. The summed E-state index contributed by atoms with van der Waals surface area (Å²) in [5.41, 5.74) is 1.90. The molecule has 0 spiro atoms. The Balaban J connectivity index is 1.81. The number of ether oxygens (including phenoxy) is 2. The van der Waals surface area contributed by atoms with Crippen molar-refractivity contribution in [1.29, 1.82) is 0 Å². The highest BCUT2D eigenvalue weighted by Crippen LogP contribution is 2.43. The molecule has 0 unspecified atom stereocenters. The molecule has 4 heterocycles. The Bertz CT molecular complexity index is 1360. The van der Waals surface area contributed by atoms with E-state index in [0.717, 1.165) is 11.1 Å². The van der Waals surface area contributed by atoms with Crippen LogP contribution in [0.2, 0.25) is 0 Å². The van der Waals surface area contributed by atoms with Crippen molar-refractivity contribution in [2.45, 2.75) is 52.4 Å². The molecule has 0 aliphatic carbocycles. The molecule has 0 amide bonds. The number of benzene rings is 1. The van der Waals surface area contributed by atoms with Crippen molar-refractivity contribution in [2.24, 2.45) is 0 Å². The van der Waals surface area contributed by atoms with E-state index in [1.54, 1.807) is 29.7 Å². The molecule has 0 saturated carbocycles. The van der Waals surface area contributed by atoms with Crippen LogP contribution < -0.4 is 10.3 Å². The van der Waals surface area contributed by atoms with Gasteiger partial charge in [-0.15, -0.1) is 0 Å². The van der Waals surface area contributed by atoms with Crippen LogP contribution in [0.3, 0.4) is 0 Å². The van der Waals surface area contributed by atoms with Crippen LogP contribution in [-0.4, -0.2) is 32.3 Å². The number of aromatic nitrogens is 2. The van der Waals surface area contributed by atoms with E-state index in [-0.39, 0.29) is 35.5 Å². The van der Waals surface area contributed by atoms with Gasteiger partial charge in [0.2, 0.25) is 0 Å². The summed E-state index contributed by atoms with van der Waals surface area (Å²) in [4.78, 5) is 30.5. The summed E-state index contributed by atoms with van der Waals surface area (Å²) < 4.78 is 12.3. The fourth-order valence-corrected chi connectivity index (χ4v) is 4.89. The summed E-state index contributed by atoms with van der Waals surface area (Å²) in [6.45, 7) is 6.06. The van der Waals surface area contributed by atoms with Crippen molar-refractivity contribution < 1.29 is 24.5 Å². The van der Waals surface area contributed by atoms with Crippen LogP contribution in [0.4, 0.5) is 0 Å². The molecule has 1 atom stereocenters. The number of carbonyl (C=O) groups is 1. The molecule has 2 aliphatic heterocycles. The molecule has 2 N–H and O–H groups in total. The summed E-state index contributed by atoms with van der Waals surface area (Å²) >= 11 is 0. The molecule has 0 saturated heterocycles. The Morgan fingerprint density at radius 2 is 2.00 bits per heavy atom. The van der Waals surface area contributed by atoms with Crippen LogP contribution >= 0.6 is 0 Å². The van der Waals surface area contributed by atoms with Crippen LogP contribution in [0.1, 0.15) is 49.4 Å². The first-order valence-electron chi connectivity index (χ1n) is 10.8. The molecule has 3 aromatic rings. The van der Waals surface area contributed by atoms with Crippen LogP contribution in [0, 0.1) is 0 Å². The highest BCUT2D eigenvalue weighted by Gasteiger charge is 2.45. The zero-order valence-corrected chi connectivity index (χ0v) is 18.2. The van der Waals surface area contributed by atoms with Gasteiger partial charge in [-0.05, 0) is 43.5 Å². The van der Waals surface area contributed by atoms with Crippen molar-refractivity contribution in [2.75, 3.05) is 6.61 Å². The number of phenols is 1. The van der Waals surface area contributed by atoms with Crippen molar-refractivity contribution in [3.63, 3.8) is 0 Å². The lowest BCUT2D eigenvalue weighted by Gasteiger charge is -2.31. The minimum Gasteiger partial charge on any atom is -0.504 e. The smallest absolute Gasteiger partial charge is 0.343 e. The van der Waals surface area contributed by atoms with Crippen molar-refractivity contribution in [3.8, 4) is 22.9 Å². The molecule has 5 rings (SSSR count). The average Bonchev–Trinajstić information content (AvgIpc) is 3.16. The second kappa shape index (κ2) is 7.06. The Kier molecular flexibility index (Phi) is 4.53. The Labute approximate surface area is 184 Å². The molecule has 0 radical (unpaired) electrons. The van der Waals surface area contributed by atoms with Gasteiger partial charge < -0.3 is 24.3 Å². The maximum atomic E-state index is 13.3. The molecule has 2 aromatic heterocycles. The molecule has 8 nitrogen and oxygen atoms in total. The fourth-order valence-electron chi connectivity index (χ4n) is 4.89. The summed E-state index contributed by atoms with van der Waals surface area (Å²) in [7, 11) is 0. The van der Waals surface area contributed by atoms with E-state index >= 15 is 0 Å². The van der Waals surface area contributed by atoms with Gasteiger partial charge in [-0.3, -0.25) is 4.79 Å². The lowest BCUT2D eigenvalue weighted by atomic mass is 9.86. The first kappa shape index (κ1) is 20.5. The Morgan fingerprint density at radius 1 is 1.22 bits per heavy atom. The van der Waals surface area contributed by atoms with E-state index in [9.17, 15) is 19.8 Å². The van der Waals surface area contributed by atoms with Crippen LogP contribution in [0.15, 0.2) is 23.0 Å². The number of pyridine rings is 2. The lowest BCUT2D eigenvalue weighted by Crippen LogP contribution is -2.44. The molecular formula is C24H24N2O6. The number of rotatable bonds is 4. The molecule has 1 aromatic carbocycles. The third-order valence-corrected chi connectivity index (χ3v) is 6.56. The van der Waals surface area contributed by atoms with E-state index in [2.05, 4.69) is 0 Å². The summed E-state index contributed by atoms with van der Waals surface area (Å²) in [6.07, 6.45) is 0.710. The van der Waals surface area contributed by atoms with Crippen molar-refractivity contribution in [3.05, 3.63) is 50.8 Å². The highest BCUT2D eigenvalue weighted by molar-refractivity contribution is 5.94. The van der Waals surface area contributed by atoms with Gasteiger partial charge in [0.15, 0.2) is 17.1 Å². The van der Waals surface area contributed by atoms with E-state index in [4.69, 9.17) is 14.5 Å². The zero-order chi connectivity index (χ0) is 22.8. The van der Waals surface area contributed by atoms with Gasteiger partial charge in [-0.25, -0.2) is 9.78 Å². The molecule has 32 heavy (non-hydrogen) atoms. The summed E-state index contributed by atoms with van der Waals surface area (Å²) in [6, 6.07) is 5.16. The van der Waals surface area contributed by atoms with Crippen molar-refractivity contribution >= 4 is 16.9 Å². The van der Waals surface area contributed by atoms with E-state index in [1.165, 1.54) is 0 Å². The number of nitrogens with zero attached hydrogens (tertiary/aromatic N) is 2. The van der Waals surface area contributed by atoms with Gasteiger partial charge in [0.1, 0.15) is 6.61 Å². The van der Waals surface area contributed by atoms with Gasteiger partial charge >= 0.3 is 5.97 Å². The molecule has 0 fully saturated rings. The molecule has 8 heteroatoms. The standard InChI is InChI=1S/C24H24N2O6/c1-4-12-13-10-26-17(9-15-14(22(26)28)11-32-23(29)24(15,30)5-2)20(13)25-16-7-8-18(31-6-3)21(27)19(12)16/h7-9,27,30H,4-6,10-11H2,1-3H3/t24-/m0/s1. The Hall–Kier alpha value is -3.39. The summed E-state index contributed by atoms with van der Waals surface area (Å²) in [5.74, 6) is -0.314. The van der Waals surface area contributed by atoms with E-state index in [0.29, 0.717) is 47.6 Å². The Morgan fingerprint density at radius 3 is 2.69 bits per heavy atom. The normalized spacial score (nSPS) is 18.8.